The van der Waals surface area contributed by atoms with Crippen LogP contribution in [0.4, 0.5) is 0 Å². The molecule has 20 heavy (non-hydrogen) atoms. The molecule has 1 amide bonds. The van der Waals surface area contributed by atoms with Crippen LogP contribution in [-0.4, -0.2) is 22.5 Å². The first-order chi connectivity index (χ1) is 9.77. The Balaban J connectivity index is 1.86. The molecule has 0 spiro atoms. The van der Waals surface area contributed by atoms with Gasteiger partial charge in [0.2, 0.25) is 0 Å². The lowest BCUT2D eigenvalue weighted by atomic mass is 10.1. The van der Waals surface area contributed by atoms with E-state index in [1.807, 2.05) is 18.2 Å². The highest BCUT2D eigenvalue weighted by Gasteiger charge is 2.15. The van der Waals surface area contributed by atoms with E-state index in [0.29, 0.717) is 11.3 Å². The number of benzene rings is 1. The van der Waals surface area contributed by atoms with E-state index in [0.717, 1.165) is 0 Å². The summed E-state index contributed by atoms with van der Waals surface area (Å²) < 4.78 is 0. The van der Waals surface area contributed by atoms with Gasteiger partial charge in [-0.15, -0.1) is 0 Å². The third-order valence-corrected chi connectivity index (χ3v) is 2.60. The maximum absolute atomic E-state index is 11.7. The molecular formula is C16H14N2O2. The van der Waals surface area contributed by atoms with E-state index in [1.54, 1.807) is 36.5 Å². The molecule has 0 saturated heterocycles. The Labute approximate surface area is 117 Å². The zero-order valence-corrected chi connectivity index (χ0v) is 10.8. The Bertz CT molecular complexity index is 615. The minimum atomic E-state index is -1.17. The number of pyridine rings is 1. The monoisotopic (exact) mass is 266 g/mol. The molecule has 100 valence electrons. The smallest absolute Gasteiger partial charge is 0.254 e. The molecule has 1 aromatic heterocycles. The van der Waals surface area contributed by atoms with Crippen LogP contribution >= 0.6 is 0 Å². The number of aromatic nitrogens is 1. The van der Waals surface area contributed by atoms with E-state index in [9.17, 15) is 9.90 Å². The second-order valence-electron chi connectivity index (χ2n) is 4.05. The number of rotatable bonds is 3. The lowest BCUT2D eigenvalue weighted by Crippen LogP contribution is -2.29. The summed E-state index contributed by atoms with van der Waals surface area (Å²) in [6.45, 7) is 0.166. The minimum Gasteiger partial charge on any atom is -0.378 e. The van der Waals surface area contributed by atoms with Crippen molar-refractivity contribution in [3.05, 3.63) is 66.0 Å². The average molecular weight is 266 g/mol. The molecule has 0 saturated carbocycles. The van der Waals surface area contributed by atoms with Crippen LogP contribution in [0.1, 0.15) is 17.4 Å². The molecule has 0 aliphatic carbocycles. The van der Waals surface area contributed by atoms with E-state index in [1.165, 1.54) is 0 Å². The van der Waals surface area contributed by atoms with Crippen LogP contribution in [0.5, 0.6) is 0 Å². The highest BCUT2D eigenvalue weighted by molar-refractivity contribution is 5.82. The SMILES string of the molecule is O=C(NCC#Cc1ccccn1)[C@@H](O)c1ccccc1. The number of amides is 1. The van der Waals surface area contributed by atoms with E-state index >= 15 is 0 Å². The predicted molar refractivity (Wildman–Crippen MR) is 75.5 cm³/mol. The highest BCUT2D eigenvalue weighted by Crippen LogP contribution is 2.11. The Hall–Kier alpha value is -2.64. The van der Waals surface area contributed by atoms with Gasteiger partial charge in [-0.3, -0.25) is 4.79 Å². The van der Waals surface area contributed by atoms with Gasteiger partial charge in [0, 0.05) is 6.20 Å². The number of hydrogen-bond donors (Lipinski definition) is 2. The van der Waals surface area contributed by atoms with Gasteiger partial charge in [0.1, 0.15) is 5.69 Å². The number of aliphatic hydroxyl groups is 1. The summed E-state index contributed by atoms with van der Waals surface area (Å²) in [5.41, 5.74) is 1.20. The lowest BCUT2D eigenvalue weighted by molar-refractivity contribution is -0.129. The van der Waals surface area contributed by atoms with Gasteiger partial charge >= 0.3 is 0 Å². The number of nitrogens with one attached hydrogen (secondary N) is 1. The van der Waals surface area contributed by atoms with Gasteiger partial charge in [0.25, 0.3) is 5.91 Å². The zero-order valence-electron chi connectivity index (χ0n) is 10.8. The van der Waals surface area contributed by atoms with Gasteiger partial charge < -0.3 is 10.4 Å². The van der Waals surface area contributed by atoms with Gasteiger partial charge in [0.05, 0.1) is 6.54 Å². The van der Waals surface area contributed by atoms with Gasteiger partial charge in [-0.05, 0) is 23.6 Å². The lowest BCUT2D eigenvalue weighted by Gasteiger charge is -2.09. The van der Waals surface area contributed by atoms with Crippen molar-refractivity contribution >= 4 is 5.91 Å². The molecule has 1 aromatic carbocycles. The van der Waals surface area contributed by atoms with E-state index < -0.39 is 12.0 Å². The van der Waals surface area contributed by atoms with E-state index in [-0.39, 0.29) is 6.54 Å². The van der Waals surface area contributed by atoms with Crippen molar-refractivity contribution in [3.8, 4) is 11.8 Å². The molecule has 0 bridgehead atoms. The molecule has 0 aliphatic heterocycles. The fourth-order valence-corrected chi connectivity index (χ4v) is 1.59. The zero-order chi connectivity index (χ0) is 14.2. The molecule has 2 rings (SSSR count). The highest BCUT2D eigenvalue weighted by atomic mass is 16.3. The third kappa shape index (κ3) is 3.94. The summed E-state index contributed by atoms with van der Waals surface area (Å²) >= 11 is 0. The van der Waals surface area contributed by atoms with Crippen LogP contribution in [0.25, 0.3) is 0 Å². The Morgan fingerprint density at radius 1 is 1.20 bits per heavy atom. The molecule has 0 aliphatic rings. The number of carbonyl (C=O) groups excluding carboxylic acids is 1. The fourth-order valence-electron chi connectivity index (χ4n) is 1.59. The summed E-state index contributed by atoms with van der Waals surface area (Å²) in [5.74, 6) is 5.14. The first-order valence-corrected chi connectivity index (χ1v) is 6.18. The molecule has 4 nitrogen and oxygen atoms in total. The summed E-state index contributed by atoms with van der Waals surface area (Å²) in [6.07, 6.45) is 0.481. The maximum atomic E-state index is 11.7. The van der Waals surface area contributed by atoms with Crippen LogP contribution in [-0.2, 0) is 4.79 Å². The van der Waals surface area contributed by atoms with Crippen molar-refractivity contribution in [1.82, 2.24) is 10.3 Å². The average Bonchev–Trinajstić information content (AvgIpc) is 2.52. The van der Waals surface area contributed by atoms with Crippen molar-refractivity contribution in [2.75, 3.05) is 6.54 Å². The fraction of sp³-hybridized carbons (Fsp3) is 0.125. The van der Waals surface area contributed by atoms with Crippen LogP contribution < -0.4 is 5.32 Å². The number of nitrogens with zero attached hydrogens (tertiary/aromatic N) is 1. The van der Waals surface area contributed by atoms with Gasteiger partial charge in [-0.2, -0.15) is 0 Å². The van der Waals surface area contributed by atoms with Crippen molar-refractivity contribution in [3.63, 3.8) is 0 Å². The van der Waals surface area contributed by atoms with Gasteiger partial charge in [0.15, 0.2) is 6.10 Å². The first-order valence-electron chi connectivity index (χ1n) is 6.18. The van der Waals surface area contributed by atoms with Gasteiger partial charge in [-0.1, -0.05) is 42.3 Å². The Morgan fingerprint density at radius 2 is 1.95 bits per heavy atom. The molecule has 0 unspecified atom stereocenters. The second-order valence-corrected chi connectivity index (χ2v) is 4.05. The van der Waals surface area contributed by atoms with Crippen LogP contribution in [0.15, 0.2) is 54.7 Å². The third-order valence-electron chi connectivity index (χ3n) is 2.60. The number of carbonyl (C=O) groups is 1. The topological polar surface area (TPSA) is 62.2 Å². The normalized spacial score (nSPS) is 11.1. The van der Waals surface area contributed by atoms with E-state index in [2.05, 4.69) is 22.1 Å². The summed E-state index contributed by atoms with van der Waals surface area (Å²) in [7, 11) is 0. The van der Waals surface area contributed by atoms with Crippen molar-refractivity contribution in [1.29, 1.82) is 0 Å². The van der Waals surface area contributed by atoms with Crippen LogP contribution in [0.3, 0.4) is 0 Å². The molecule has 0 radical (unpaired) electrons. The molecule has 2 aromatic rings. The standard InChI is InChI=1S/C16H14N2O2/c19-15(13-7-2-1-3-8-13)16(20)18-12-6-10-14-9-4-5-11-17-14/h1-5,7-9,11,15,19H,12H2,(H,18,20)/t15-/m0/s1. The first kappa shape index (κ1) is 13.8. The molecule has 1 atom stereocenters. The number of aliphatic hydroxyl groups excluding tert-OH is 1. The number of hydrogen-bond acceptors (Lipinski definition) is 3. The van der Waals surface area contributed by atoms with Crippen LogP contribution in [0, 0.1) is 11.8 Å². The minimum absolute atomic E-state index is 0.166. The quantitative estimate of drug-likeness (QED) is 0.823. The van der Waals surface area contributed by atoms with Crippen molar-refractivity contribution in [2.24, 2.45) is 0 Å². The summed E-state index contributed by atoms with van der Waals surface area (Å²) in [6, 6.07) is 14.2. The molecule has 1 heterocycles. The van der Waals surface area contributed by atoms with Crippen molar-refractivity contribution < 1.29 is 9.90 Å². The molecule has 0 fully saturated rings. The molecule has 4 heteroatoms. The predicted octanol–water partition coefficient (Wildman–Crippen LogP) is 1.28. The molecule has 2 N–H and O–H groups in total. The Morgan fingerprint density at radius 3 is 2.65 bits per heavy atom. The summed E-state index contributed by atoms with van der Waals surface area (Å²) in [5, 5.41) is 12.4. The maximum Gasteiger partial charge on any atom is 0.254 e. The Kier molecular flexibility index (Phi) is 4.87. The largest absolute Gasteiger partial charge is 0.378 e. The van der Waals surface area contributed by atoms with Crippen LogP contribution in [0.2, 0.25) is 0 Å². The van der Waals surface area contributed by atoms with E-state index in [4.69, 9.17) is 0 Å². The molecular weight excluding hydrogens is 252 g/mol. The second kappa shape index (κ2) is 7.07. The summed E-state index contributed by atoms with van der Waals surface area (Å²) in [4.78, 5) is 15.8. The van der Waals surface area contributed by atoms with Crippen molar-refractivity contribution in [2.45, 2.75) is 6.10 Å². The van der Waals surface area contributed by atoms with Gasteiger partial charge in [-0.25, -0.2) is 4.98 Å².